The molecule has 7 nitrogen and oxygen atoms in total. The fraction of sp³-hybridized carbons (Fsp3) is 0.333. The number of aliphatic hydroxyl groups excluding tert-OH is 1. The fourth-order valence-corrected chi connectivity index (χ4v) is 2.15. The summed E-state index contributed by atoms with van der Waals surface area (Å²) in [7, 11) is 1.37. The van der Waals surface area contributed by atoms with Crippen LogP contribution in [0.5, 0.6) is 5.75 Å². The Kier molecular flexibility index (Phi) is 7.18. The van der Waals surface area contributed by atoms with Crippen LogP contribution in [0.2, 0.25) is 0 Å². The number of carbonyl (C=O) groups is 1. The van der Waals surface area contributed by atoms with Crippen LogP contribution in [0, 0.1) is 0 Å². The Morgan fingerprint density at radius 3 is 2.68 bits per heavy atom. The largest absolute Gasteiger partial charge is 0.492 e. The van der Waals surface area contributed by atoms with E-state index in [1.165, 1.54) is 7.11 Å². The maximum atomic E-state index is 11.2. The number of ether oxygens (including phenoxy) is 2. The number of hydrogen-bond donors (Lipinski definition) is 3. The molecule has 0 radical (unpaired) electrons. The number of esters is 1. The molecule has 25 heavy (non-hydrogen) atoms. The summed E-state index contributed by atoms with van der Waals surface area (Å²) in [6.07, 6.45) is 1.16. The van der Waals surface area contributed by atoms with E-state index in [2.05, 4.69) is 15.0 Å². The molecule has 2 rings (SSSR count). The number of benzene rings is 1. The van der Waals surface area contributed by atoms with Crippen molar-refractivity contribution in [3.8, 4) is 5.75 Å². The topological polar surface area (TPSA) is 107 Å². The lowest BCUT2D eigenvalue weighted by atomic mass is 10.1. The summed E-state index contributed by atoms with van der Waals surface area (Å²) < 4.78 is 10.2. The Bertz CT molecular complexity index is 659. The zero-order chi connectivity index (χ0) is 18.1. The summed E-state index contributed by atoms with van der Waals surface area (Å²) in [5.74, 6) is 0.876. The number of aromatic nitrogens is 1. The van der Waals surface area contributed by atoms with E-state index in [0.717, 1.165) is 11.3 Å². The normalized spacial score (nSPS) is 11.8. The number of nitrogens with zero attached hydrogens (tertiary/aromatic N) is 1. The molecule has 1 atom stereocenters. The lowest BCUT2D eigenvalue weighted by molar-refractivity contribution is -0.139. The summed E-state index contributed by atoms with van der Waals surface area (Å²) >= 11 is 0. The van der Waals surface area contributed by atoms with Crippen LogP contribution >= 0.6 is 0 Å². The highest BCUT2D eigenvalue weighted by atomic mass is 16.5. The summed E-state index contributed by atoms with van der Waals surface area (Å²) in [6.45, 7) is 1.44. The molecule has 1 aromatic carbocycles. The number of pyridine rings is 1. The molecular formula is C18H23N3O4. The van der Waals surface area contributed by atoms with E-state index in [-0.39, 0.29) is 12.4 Å². The highest BCUT2D eigenvalue weighted by Crippen LogP contribution is 2.13. The molecule has 0 amide bonds. The van der Waals surface area contributed by atoms with Gasteiger partial charge < -0.3 is 25.6 Å². The molecule has 0 saturated heterocycles. The average molecular weight is 345 g/mol. The molecule has 2 aromatic rings. The molecule has 0 aliphatic carbocycles. The van der Waals surface area contributed by atoms with Gasteiger partial charge in [0.15, 0.2) is 0 Å². The van der Waals surface area contributed by atoms with Gasteiger partial charge >= 0.3 is 5.97 Å². The van der Waals surface area contributed by atoms with Crippen LogP contribution in [0.3, 0.4) is 0 Å². The predicted molar refractivity (Wildman–Crippen MR) is 94.1 cm³/mol. The molecule has 0 fully saturated rings. The van der Waals surface area contributed by atoms with E-state index in [4.69, 9.17) is 10.5 Å². The van der Waals surface area contributed by atoms with E-state index >= 15 is 0 Å². The van der Waals surface area contributed by atoms with Crippen LogP contribution in [0.15, 0.2) is 42.6 Å². The van der Waals surface area contributed by atoms with Gasteiger partial charge in [-0.1, -0.05) is 18.2 Å². The van der Waals surface area contributed by atoms with Crippen LogP contribution in [0.1, 0.15) is 17.2 Å². The van der Waals surface area contributed by atoms with Crippen molar-refractivity contribution in [1.82, 2.24) is 10.3 Å². The zero-order valence-corrected chi connectivity index (χ0v) is 14.1. The second-order valence-electron chi connectivity index (χ2n) is 5.48. The number of nitrogens with two attached hydrogens (primary N) is 1. The summed E-state index contributed by atoms with van der Waals surface area (Å²) in [4.78, 5) is 15.1. The van der Waals surface area contributed by atoms with Gasteiger partial charge in [0.25, 0.3) is 0 Å². The number of anilines is 1. The number of hydrogen-bond acceptors (Lipinski definition) is 7. The van der Waals surface area contributed by atoms with E-state index < -0.39 is 6.10 Å². The number of methoxy groups -OCH3 is 1. The summed E-state index contributed by atoms with van der Waals surface area (Å²) in [6, 6.07) is 10.7. The Morgan fingerprint density at radius 1 is 1.28 bits per heavy atom. The van der Waals surface area contributed by atoms with E-state index in [9.17, 15) is 9.90 Å². The molecule has 0 spiro atoms. The number of nitrogens with one attached hydrogen (secondary N) is 1. The Hall–Kier alpha value is -2.64. The third-order valence-electron chi connectivity index (χ3n) is 3.58. The molecular weight excluding hydrogens is 322 g/mol. The molecule has 134 valence electrons. The van der Waals surface area contributed by atoms with Crippen molar-refractivity contribution in [2.24, 2.45) is 0 Å². The first-order chi connectivity index (χ1) is 12.1. The third kappa shape index (κ3) is 6.40. The Balaban J connectivity index is 1.65. The van der Waals surface area contributed by atoms with Gasteiger partial charge in [-0.3, -0.25) is 4.79 Å². The number of rotatable bonds is 9. The molecule has 0 bridgehead atoms. The van der Waals surface area contributed by atoms with Crippen LogP contribution < -0.4 is 15.8 Å². The van der Waals surface area contributed by atoms with E-state index in [1.807, 2.05) is 24.3 Å². The van der Waals surface area contributed by atoms with Gasteiger partial charge in [-0.25, -0.2) is 4.98 Å². The van der Waals surface area contributed by atoms with Crippen molar-refractivity contribution in [2.75, 3.05) is 32.5 Å². The average Bonchev–Trinajstić information content (AvgIpc) is 2.63. The fourth-order valence-electron chi connectivity index (χ4n) is 2.15. The van der Waals surface area contributed by atoms with Crippen molar-refractivity contribution < 1.29 is 19.4 Å². The third-order valence-corrected chi connectivity index (χ3v) is 3.58. The Morgan fingerprint density at radius 2 is 2.04 bits per heavy atom. The highest BCUT2D eigenvalue weighted by molar-refractivity contribution is 5.72. The van der Waals surface area contributed by atoms with E-state index in [0.29, 0.717) is 31.1 Å². The maximum absolute atomic E-state index is 11.2. The van der Waals surface area contributed by atoms with Crippen molar-refractivity contribution in [1.29, 1.82) is 0 Å². The first kappa shape index (κ1) is 18.7. The summed E-state index contributed by atoms with van der Waals surface area (Å²) in [5, 5.41) is 13.1. The quantitative estimate of drug-likeness (QED) is 0.461. The minimum absolute atomic E-state index is 0.246. The lowest BCUT2D eigenvalue weighted by Crippen LogP contribution is -2.26. The number of nitrogen functional groups attached to an aromatic ring is 1. The van der Waals surface area contributed by atoms with Gasteiger partial charge in [-0.05, 0) is 23.8 Å². The number of carbonyl (C=O) groups excluding carboxylic acids is 1. The standard InChI is InChI=1S/C18H23N3O4/c1-24-18(23)10-13-2-5-15(6-3-13)25-9-8-20-12-16(22)14-4-7-17(19)21-11-14/h2-7,11,16,20,22H,8-10,12H2,1H3,(H2,19,21)/t16-/m0/s1. The maximum Gasteiger partial charge on any atom is 0.309 e. The zero-order valence-electron chi connectivity index (χ0n) is 14.1. The molecule has 0 saturated carbocycles. The van der Waals surface area contributed by atoms with Crippen LogP contribution in [-0.2, 0) is 16.0 Å². The molecule has 7 heteroatoms. The lowest BCUT2D eigenvalue weighted by Gasteiger charge is -2.12. The first-order valence-electron chi connectivity index (χ1n) is 7.97. The van der Waals surface area contributed by atoms with Gasteiger partial charge in [0.1, 0.15) is 18.2 Å². The highest BCUT2D eigenvalue weighted by Gasteiger charge is 2.07. The molecule has 0 aliphatic rings. The van der Waals surface area contributed by atoms with Crippen molar-refractivity contribution >= 4 is 11.8 Å². The van der Waals surface area contributed by atoms with Gasteiger partial charge in [0.2, 0.25) is 0 Å². The SMILES string of the molecule is COC(=O)Cc1ccc(OCCNC[C@H](O)c2ccc(N)nc2)cc1. The minimum atomic E-state index is -0.647. The van der Waals surface area contributed by atoms with Gasteiger partial charge in [-0.2, -0.15) is 0 Å². The molecule has 1 heterocycles. The van der Waals surface area contributed by atoms with Crippen molar-refractivity contribution in [2.45, 2.75) is 12.5 Å². The second kappa shape index (κ2) is 9.61. The van der Waals surface area contributed by atoms with Crippen molar-refractivity contribution in [3.05, 3.63) is 53.7 Å². The van der Waals surface area contributed by atoms with Gasteiger partial charge in [-0.15, -0.1) is 0 Å². The van der Waals surface area contributed by atoms with Crippen LogP contribution in [-0.4, -0.2) is 42.9 Å². The first-order valence-corrected chi connectivity index (χ1v) is 7.97. The van der Waals surface area contributed by atoms with Gasteiger partial charge in [0.05, 0.1) is 19.6 Å². The molecule has 1 aromatic heterocycles. The molecule has 0 aliphatic heterocycles. The summed E-state index contributed by atoms with van der Waals surface area (Å²) in [5.41, 5.74) is 7.10. The van der Waals surface area contributed by atoms with E-state index in [1.54, 1.807) is 18.3 Å². The smallest absolute Gasteiger partial charge is 0.309 e. The van der Waals surface area contributed by atoms with Crippen LogP contribution in [0.4, 0.5) is 5.82 Å². The second-order valence-corrected chi connectivity index (χ2v) is 5.48. The monoisotopic (exact) mass is 345 g/mol. The van der Waals surface area contributed by atoms with Crippen molar-refractivity contribution in [3.63, 3.8) is 0 Å². The van der Waals surface area contributed by atoms with Crippen LogP contribution in [0.25, 0.3) is 0 Å². The molecule has 0 unspecified atom stereocenters. The number of aliphatic hydroxyl groups is 1. The Labute approximate surface area is 146 Å². The molecule has 4 N–H and O–H groups in total. The predicted octanol–water partition coefficient (Wildman–Crippen LogP) is 1.08. The minimum Gasteiger partial charge on any atom is -0.492 e. The van der Waals surface area contributed by atoms with Gasteiger partial charge in [0, 0.05) is 24.8 Å².